The fourth-order valence-corrected chi connectivity index (χ4v) is 0.992. The summed E-state index contributed by atoms with van der Waals surface area (Å²) in [5, 5.41) is 8.35. The molecule has 0 saturated carbocycles. The van der Waals surface area contributed by atoms with Crippen molar-refractivity contribution in [3.8, 4) is 6.07 Å². The summed E-state index contributed by atoms with van der Waals surface area (Å²) in [6.07, 6.45) is 0.437. The molecular weight excluding hydrogens is 168 g/mol. The van der Waals surface area contributed by atoms with E-state index in [0.29, 0.717) is 13.0 Å². The largest absolute Gasteiger partial charge is 0.384 e. The molecule has 0 aromatic rings. The molecule has 0 heterocycles. The van der Waals surface area contributed by atoms with E-state index in [1.807, 2.05) is 13.0 Å². The Morgan fingerprint density at radius 1 is 1.69 bits per heavy atom. The minimum atomic E-state index is -0.00824. The Kier molecular flexibility index (Phi) is 5.90. The maximum atomic E-state index is 11.3. The Morgan fingerprint density at radius 3 is 2.77 bits per heavy atom. The predicted octanol–water partition coefficient (Wildman–Crippen LogP) is 0.641. The minimum absolute atomic E-state index is 0.00824. The summed E-state index contributed by atoms with van der Waals surface area (Å²) in [5.74, 6) is 0.199. The molecule has 74 valence electrons. The second-order valence-corrected chi connectivity index (χ2v) is 3.17. The fourth-order valence-electron chi connectivity index (χ4n) is 0.992. The predicted molar refractivity (Wildman–Crippen MR) is 48.9 cm³/mol. The molecule has 0 aliphatic heterocycles. The average Bonchev–Trinajstić information content (AvgIpc) is 2.05. The molecule has 0 rings (SSSR count). The molecule has 0 spiro atoms. The molecule has 0 N–H and O–H groups in total. The first-order valence-electron chi connectivity index (χ1n) is 4.21. The summed E-state index contributed by atoms with van der Waals surface area (Å²) in [7, 11) is 3.24. The van der Waals surface area contributed by atoms with Gasteiger partial charge in [-0.3, -0.25) is 4.79 Å². The van der Waals surface area contributed by atoms with Crippen LogP contribution in [0, 0.1) is 17.2 Å². The lowest BCUT2D eigenvalue weighted by molar-refractivity contribution is -0.130. The Labute approximate surface area is 79.1 Å². The van der Waals surface area contributed by atoms with Crippen molar-refractivity contribution in [1.82, 2.24) is 4.90 Å². The zero-order chi connectivity index (χ0) is 10.3. The van der Waals surface area contributed by atoms with Crippen molar-refractivity contribution >= 4 is 5.91 Å². The lowest BCUT2D eigenvalue weighted by Gasteiger charge is -2.15. The number of methoxy groups -OCH3 is 1. The molecular formula is C9H16N2O2. The van der Waals surface area contributed by atoms with Crippen molar-refractivity contribution < 1.29 is 9.53 Å². The summed E-state index contributed by atoms with van der Waals surface area (Å²) >= 11 is 0. The van der Waals surface area contributed by atoms with E-state index in [9.17, 15) is 4.79 Å². The topological polar surface area (TPSA) is 53.3 Å². The molecule has 0 aromatic carbocycles. The zero-order valence-corrected chi connectivity index (χ0v) is 8.41. The number of hydrogen-bond acceptors (Lipinski definition) is 3. The summed E-state index contributed by atoms with van der Waals surface area (Å²) in [6.45, 7) is 2.67. The zero-order valence-electron chi connectivity index (χ0n) is 8.41. The van der Waals surface area contributed by atoms with E-state index < -0.39 is 0 Å². The van der Waals surface area contributed by atoms with E-state index in [4.69, 9.17) is 10.00 Å². The van der Waals surface area contributed by atoms with Gasteiger partial charge in [-0.2, -0.15) is 5.26 Å². The van der Waals surface area contributed by atoms with Crippen LogP contribution in [-0.4, -0.2) is 38.1 Å². The molecule has 0 aromatic heterocycles. The Hall–Kier alpha value is -1.08. The van der Waals surface area contributed by atoms with Gasteiger partial charge in [0.15, 0.2) is 0 Å². The number of carbonyl (C=O) groups excluding carboxylic acids is 1. The van der Waals surface area contributed by atoms with Crippen molar-refractivity contribution in [3.05, 3.63) is 0 Å². The highest BCUT2D eigenvalue weighted by Gasteiger charge is 2.12. The lowest BCUT2D eigenvalue weighted by atomic mass is 10.1. The maximum Gasteiger partial charge on any atom is 0.223 e. The summed E-state index contributed by atoms with van der Waals surface area (Å²) in [4.78, 5) is 12.8. The van der Waals surface area contributed by atoms with Crippen molar-refractivity contribution in [2.24, 2.45) is 5.92 Å². The van der Waals surface area contributed by atoms with Gasteiger partial charge >= 0.3 is 0 Å². The quantitative estimate of drug-likeness (QED) is 0.589. The molecule has 0 radical (unpaired) electrons. The molecule has 0 aliphatic carbocycles. The molecule has 13 heavy (non-hydrogen) atoms. The van der Waals surface area contributed by atoms with Crippen LogP contribution in [0.1, 0.15) is 13.3 Å². The van der Waals surface area contributed by atoms with Crippen LogP contribution in [0.3, 0.4) is 0 Å². The van der Waals surface area contributed by atoms with Gasteiger partial charge in [0.25, 0.3) is 0 Å². The van der Waals surface area contributed by atoms with Gasteiger partial charge in [0.2, 0.25) is 5.91 Å². The summed E-state index contributed by atoms with van der Waals surface area (Å²) < 4.78 is 4.91. The first kappa shape index (κ1) is 11.9. The van der Waals surface area contributed by atoms with Crippen molar-refractivity contribution in [3.63, 3.8) is 0 Å². The third kappa shape index (κ3) is 5.21. The van der Waals surface area contributed by atoms with E-state index in [1.165, 1.54) is 4.90 Å². The number of amides is 1. The molecule has 4 heteroatoms. The van der Waals surface area contributed by atoms with Gasteiger partial charge in [-0.05, 0) is 5.92 Å². The summed E-state index contributed by atoms with van der Waals surface area (Å²) in [5.41, 5.74) is 0. The second-order valence-electron chi connectivity index (χ2n) is 3.17. The molecule has 0 fully saturated rings. The van der Waals surface area contributed by atoms with Crippen LogP contribution in [0.25, 0.3) is 0 Å². The fraction of sp³-hybridized carbons (Fsp3) is 0.778. The molecule has 1 amide bonds. The molecule has 1 unspecified atom stereocenters. The van der Waals surface area contributed by atoms with Gasteiger partial charge in [-0.1, -0.05) is 6.92 Å². The van der Waals surface area contributed by atoms with Gasteiger partial charge in [-0.25, -0.2) is 0 Å². The molecule has 1 atom stereocenters. The first-order valence-corrected chi connectivity index (χ1v) is 4.21. The van der Waals surface area contributed by atoms with Crippen molar-refractivity contribution in [2.75, 3.05) is 27.3 Å². The highest BCUT2D eigenvalue weighted by atomic mass is 16.5. The van der Waals surface area contributed by atoms with Crippen LogP contribution in [0.15, 0.2) is 0 Å². The van der Waals surface area contributed by atoms with E-state index in [2.05, 4.69) is 0 Å². The molecule has 0 bridgehead atoms. The Morgan fingerprint density at radius 2 is 2.31 bits per heavy atom. The lowest BCUT2D eigenvalue weighted by Crippen LogP contribution is -2.29. The summed E-state index contributed by atoms with van der Waals surface area (Å²) in [6, 6.07) is 1.93. The number of carbonyl (C=O) groups is 1. The van der Waals surface area contributed by atoms with Gasteiger partial charge in [0.1, 0.15) is 6.54 Å². The highest BCUT2D eigenvalue weighted by molar-refractivity contribution is 5.76. The molecule has 0 aliphatic rings. The standard InChI is InChI=1S/C9H16N2O2/c1-8(7-13-3)6-9(12)11(2)5-4-10/h8H,5-7H2,1-3H3. The highest BCUT2D eigenvalue weighted by Crippen LogP contribution is 2.04. The Bertz CT molecular complexity index is 198. The van der Waals surface area contributed by atoms with E-state index in [-0.39, 0.29) is 18.4 Å². The van der Waals surface area contributed by atoms with Crippen LogP contribution in [0.2, 0.25) is 0 Å². The minimum Gasteiger partial charge on any atom is -0.384 e. The number of ether oxygens (including phenoxy) is 1. The van der Waals surface area contributed by atoms with Gasteiger partial charge in [0, 0.05) is 27.2 Å². The van der Waals surface area contributed by atoms with Crippen LogP contribution < -0.4 is 0 Å². The average molecular weight is 184 g/mol. The number of nitriles is 1. The second kappa shape index (κ2) is 6.44. The smallest absolute Gasteiger partial charge is 0.223 e. The van der Waals surface area contributed by atoms with Crippen LogP contribution >= 0.6 is 0 Å². The number of nitrogens with zero attached hydrogens (tertiary/aromatic N) is 2. The SMILES string of the molecule is COCC(C)CC(=O)N(C)CC#N. The number of hydrogen-bond donors (Lipinski definition) is 0. The maximum absolute atomic E-state index is 11.3. The van der Waals surface area contributed by atoms with E-state index in [1.54, 1.807) is 14.2 Å². The van der Waals surface area contributed by atoms with Crippen molar-refractivity contribution in [2.45, 2.75) is 13.3 Å². The van der Waals surface area contributed by atoms with Crippen LogP contribution in [-0.2, 0) is 9.53 Å². The molecule has 0 saturated heterocycles. The van der Waals surface area contributed by atoms with Gasteiger partial charge < -0.3 is 9.64 Å². The van der Waals surface area contributed by atoms with Crippen LogP contribution in [0.5, 0.6) is 0 Å². The van der Waals surface area contributed by atoms with E-state index >= 15 is 0 Å². The van der Waals surface area contributed by atoms with E-state index in [0.717, 1.165) is 0 Å². The molecule has 4 nitrogen and oxygen atoms in total. The Balaban J connectivity index is 3.79. The van der Waals surface area contributed by atoms with Crippen molar-refractivity contribution in [1.29, 1.82) is 5.26 Å². The third-order valence-electron chi connectivity index (χ3n) is 1.71. The third-order valence-corrected chi connectivity index (χ3v) is 1.71. The van der Waals surface area contributed by atoms with Crippen LogP contribution in [0.4, 0.5) is 0 Å². The normalized spacial score (nSPS) is 11.8. The first-order chi connectivity index (χ1) is 6.11. The monoisotopic (exact) mass is 184 g/mol. The van der Waals surface area contributed by atoms with Gasteiger partial charge in [0.05, 0.1) is 6.07 Å². The van der Waals surface area contributed by atoms with Gasteiger partial charge in [-0.15, -0.1) is 0 Å². The number of rotatable bonds is 5.